The Morgan fingerprint density at radius 1 is 1.08 bits per heavy atom. The molecular formula is C16H9F3N2O3S. The van der Waals surface area contributed by atoms with Crippen molar-refractivity contribution in [1.29, 1.82) is 0 Å². The van der Waals surface area contributed by atoms with Crippen molar-refractivity contribution >= 4 is 40.9 Å². The van der Waals surface area contributed by atoms with Gasteiger partial charge in [-0.3, -0.25) is 14.9 Å². The van der Waals surface area contributed by atoms with Crippen LogP contribution in [-0.4, -0.2) is 17.8 Å². The van der Waals surface area contributed by atoms with E-state index in [1.807, 2.05) is 5.32 Å². The molecule has 0 atom stereocenters. The average molecular weight is 366 g/mol. The highest BCUT2D eigenvalue weighted by atomic mass is 32.1. The van der Waals surface area contributed by atoms with Gasteiger partial charge in [-0.05, 0) is 35.7 Å². The van der Waals surface area contributed by atoms with Gasteiger partial charge in [0, 0.05) is 4.88 Å². The predicted octanol–water partition coefficient (Wildman–Crippen LogP) is 3.43. The number of imide groups is 2. The molecule has 1 fully saturated rings. The summed E-state index contributed by atoms with van der Waals surface area (Å²) in [7, 11) is 0. The normalized spacial score (nSPS) is 17.2. The van der Waals surface area contributed by atoms with Crippen LogP contribution in [0.1, 0.15) is 10.4 Å². The van der Waals surface area contributed by atoms with E-state index in [1.54, 1.807) is 17.5 Å². The first kappa shape index (κ1) is 16.9. The average Bonchev–Trinajstić information content (AvgIpc) is 3.04. The third-order valence-corrected chi connectivity index (χ3v) is 4.18. The number of anilines is 1. The Bertz CT molecular complexity index is 888. The van der Waals surface area contributed by atoms with Gasteiger partial charge in [0.1, 0.15) is 5.57 Å². The van der Waals surface area contributed by atoms with Gasteiger partial charge in [-0.2, -0.15) is 13.2 Å². The van der Waals surface area contributed by atoms with Crippen LogP contribution in [0.4, 0.5) is 23.7 Å². The molecule has 1 N–H and O–H groups in total. The zero-order valence-corrected chi connectivity index (χ0v) is 13.1. The predicted molar refractivity (Wildman–Crippen MR) is 84.8 cm³/mol. The summed E-state index contributed by atoms with van der Waals surface area (Å²) in [6.07, 6.45) is -3.34. The van der Waals surface area contributed by atoms with Crippen molar-refractivity contribution in [2.75, 3.05) is 4.90 Å². The number of hydrogen-bond donors (Lipinski definition) is 1. The molecule has 0 spiro atoms. The first-order valence-electron chi connectivity index (χ1n) is 6.89. The van der Waals surface area contributed by atoms with Crippen LogP contribution < -0.4 is 10.2 Å². The summed E-state index contributed by atoms with van der Waals surface area (Å²) >= 11 is 1.26. The molecule has 0 saturated carbocycles. The van der Waals surface area contributed by atoms with E-state index in [1.165, 1.54) is 23.5 Å². The smallest absolute Gasteiger partial charge is 0.273 e. The lowest BCUT2D eigenvalue weighted by Gasteiger charge is -2.26. The van der Waals surface area contributed by atoms with Crippen molar-refractivity contribution in [3.63, 3.8) is 0 Å². The number of carbonyl (C=O) groups excluding carboxylic acids is 3. The summed E-state index contributed by atoms with van der Waals surface area (Å²) in [4.78, 5) is 37.6. The van der Waals surface area contributed by atoms with Crippen molar-refractivity contribution in [2.45, 2.75) is 6.18 Å². The zero-order valence-electron chi connectivity index (χ0n) is 12.3. The highest BCUT2D eigenvalue weighted by Gasteiger charge is 2.38. The number of thiophene rings is 1. The lowest BCUT2D eigenvalue weighted by Crippen LogP contribution is -2.54. The molecule has 4 amide bonds. The van der Waals surface area contributed by atoms with Crippen LogP contribution in [0, 0.1) is 0 Å². The van der Waals surface area contributed by atoms with Gasteiger partial charge in [0.2, 0.25) is 0 Å². The van der Waals surface area contributed by atoms with Crippen molar-refractivity contribution < 1.29 is 27.6 Å². The number of barbiturate groups is 1. The van der Waals surface area contributed by atoms with Crippen LogP contribution in [0.15, 0.2) is 47.4 Å². The minimum absolute atomic E-state index is 0.276. The summed E-state index contributed by atoms with van der Waals surface area (Å²) < 4.78 is 38.6. The van der Waals surface area contributed by atoms with Gasteiger partial charge in [0.25, 0.3) is 11.8 Å². The number of amides is 4. The van der Waals surface area contributed by atoms with Crippen LogP contribution in [0.5, 0.6) is 0 Å². The Hall–Kier alpha value is -2.94. The zero-order chi connectivity index (χ0) is 18.2. The maximum absolute atomic E-state index is 12.9. The second-order valence-electron chi connectivity index (χ2n) is 5.02. The molecule has 0 aliphatic carbocycles. The van der Waals surface area contributed by atoms with E-state index in [2.05, 4.69) is 0 Å². The number of halogens is 3. The van der Waals surface area contributed by atoms with Crippen molar-refractivity contribution in [3.8, 4) is 0 Å². The van der Waals surface area contributed by atoms with Gasteiger partial charge in [-0.25, -0.2) is 9.69 Å². The molecule has 2 heterocycles. The summed E-state index contributed by atoms with van der Waals surface area (Å²) in [5.74, 6) is -1.88. The molecule has 1 aromatic carbocycles. The maximum atomic E-state index is 12.9. The van der Waals surface area contributed by atoms with Gasteiger partial charge >= 0.3 is 12.2 Å². The first-order valence-corrected chi connectivity index (χ1v) is 7.77. The molecule has 0 unspecified atom stereocenters. The number of benzene rings is 1. The fourth-order valence-electron chi connectivity index (χ4n) is 2.23. The van der Waals surface area contributed by atoms with Crippen LogP contribution in [0.25, 0.3) is 6.08 Å². The molecule has 3 rings (SSSR count). The number of carbonyl (C=O) groups is 3. The molecule has 1 aliphatic rings. The topological polar surface area (TPSA) is 66.5 Å². The van der Waals surface area contributed by atoms with E-state index >= 15 is 0 Å². The van der Waals surface area contributed by atoms with Crippen LogP contribution >= 0.6 is 11.3 Å². The third kappa shape index (κ3) is 3.31. The van der Waals surface area contributed by atoms with Gasteiger partial charge in [0.15, 0.2) is 0 Å². The van der Waals surface area contributed by atoms with Crippen molar-refractivity contribution in [2.24, 2.45) is 0 Å². The van der Waals surface area contributed by atoms with E-state index in [-0.39, 0.29) is 11.3 Å². The number of alkyl halides is 3. The minimum atomic E-state index is -4.63. The number of nitrogens with one attached hydrogen (secondary N) is 1. The molecular weight excluding hydrogens is 357 g/mol. The SMILES string of the molecule is O=C1NC(=O)N(c2cccc(C(F)(F)F)c2)C(=O)/C1=C\c1cccs1. The van der Waals surface area contributed by atoms with Gasteiger partial charge in [-0.1, -0.05) is 12.1 Å². The molecule has 0 bridgehead atoms. The van der Waals surface area contributed by atoms with E-state index in [0.29, 0.717) is 15.8 Å². The van der Waals surface area contributed by atoms with Crippen LogP contribution in [-0.2, 0) is 15.8 Å². The fraction of sp³-hybridized carbons (Fsp3) is 0.0625. The van der Waals surface area contributed by atoms with Crippen molar-refractivity contribution in [1.82, 2.24) is 5.32 Å². The minimum Gasteiger partial charge on any atom is -0.273 e. The van der Waals surface area contributed by atoms with Gasteiger partial charge in [0.05, 0.1) is 11.3 Å². The highest BCUT2D eigenvalue weighted by Crippen LogP contribution is 2.32. The molecule has 5 nitrogen and oxygen atoms in total. The monoisotopic (exact) mass is 366 g/mol. The lowest BCUT2D eigenvalue weighted by molar-refractivity contribution is -0.137. The van der Waals surface area contributed by atoms with E-state index in [4.69, 9.17) is 0 Å². The Morgan fingerprint density at radius 3 is 2.48 bits per heavy atom. The summed E-state index contributed by atoms with van der Waals surface area (Å²) in [6.45, 7) is 0. The molecule has 0 radical (unpaired) electrons. The van der Waals surface area contributed by atoms with Gasteiger partial charge < -0.3 is 0 Å². The van der Waals surface area contributed by atoms with Crippen molar-refractivity contribution in [3.05, 3.63) is 57.8 Å². The highest BCUT2D eigenvalue weighted by molar-refractivity contribution is 7.10. The summed E-state index contributed by atoms with van der Waals surface area (Å²) in [5.41, 5.74) is -1.62. The Balaban J connectivity index is 2.03. The molecule has 25 heavy (non-hydrogen) atoms. The number of hydrogen-bond acceptors (Lipinski definition) is 4. The van der Waals surface area contributed by atoms with Gasteiger partial charge in [-0.15, -0.1) is 11.3 Å². The van der Waals surface area contributed by atoms with E-state index < -0.39 is 29.6 Å². The summed E-state index contributed by atoms with van der Waals surface area (Å²) in [5, 5.41) is 3.69. The Morgan fingerprint density at radius 2 is 1.84 bits per heavy atom. The first-order chi connectivity index (χ1) is 11.8. The molecule has 2 aromatic rings. The molecule has 9 heteroatoms. The largest absolute Gasteiger partial charge is 0.416 e. The van der Waals surface area contributed by atoms with Crippen LogP contribution in [0.2, 0.25) is 0 Å². The quantitative estimate of drug-likeness (QED) is 0.654. The molecule has 1 aliphatic heterocycles. The Labute approximate surface area is 143 Å². The molecule has 1 aromatic heterocycles. The van der Waals surface area contributed by atoms with E-state index in [0.717, 1.165) is 12.1 Å². The second kappa shape index (κ2) is 6.17. The molecule has 1 saturated heterocycles. The Kier molecular flexibility index (Phi) is 4.17. The third-order valence-electron chi connectivity index (χ3n) is 3.36. The summed E-state index contributed by atoms with van der Waals surface area (Å²) in [6, 6.07) is 6.03. The number of nitrogens with zero attached hydrogens (tertiary/aromatic N) is 1. The number of urea groups is 1. The lowest BCUT2D eigenvalue weighted by atomic mass is 10.1. The van der Waals surface area contributed by atoms with Crippen LogP contribution in [0.3, 0.4) is 0 Å². The molecule has 128 valence electrons. The standard InChI is InChI=1S/C16H9F3N2O3S/c17-16(18,19)9-3-1-4-10(7-9)21-14(23)12(13(22)20-15(21)24)8-11-5-2-6-25-11/h1-8H,(H,20,22,24)/b12-8-. The number of rotatable bonds is 2. The van der Waals surface area contributed by atoms with E-state index in [9.17, 15) is 27.6 Å². The second-order valence-corrected chi connectivity index (χ2v) is 6.00. The maximum Gasteiger partial charge on any atom is 0.416 e. The fourth-order valence-corrected chi connectivity index (χ4v) is 2.89.